The maximum absolute atomic E-state index is 8.56. The first-order valence-electron chi connectivity index (χ1n) is 2.54. The van der Waals surface area contributed by atoms with Gasteiger partial charge in [0, 0.05) is 13.1 Å². The van der Waals surface area contributed by atoms with E-state index in [-0.39, 0.29) is 0 Å². The molecule has 1 saturated heterocycles. The average molecular weight is 151 g/mol. The molecule has 0 amide bonds. The van der Waals surface area contributed by atoms with E-state index in [4.69, 9.17) is 15.0 Å². The molecule has 0 spiro atoms. The van der Waals surface area contributed by atoms with E-state index in [1.807, 2.05) is 0 Å². The standard InChI is InChI=1S/C3H8NP.CH2O3/c5-4-2-1-3-4;2-1(3)4/h1-3,5H2;(H2,2,3,4). The molecular formula is C4H10NO3P. The maximum atomic E-state index is 8.56. The van der Waals surface area contributed by atoms with E-state index in [0.717, 1.165) is 0 Å². The molecule has 1 heterocycles. The van der Waals surface area contributed by atoms with Gasteiger partial charge in [0.2, 0.25) is 0 Å². The highest BCUT2D eigenvalue weighted by molar-refractivity contribution is 7.13. The number of nitrogens with zero attached hydrogens (tertiary/aromatic N) is 1. The minimum Gasteiger partial charge on any atom is -0.450 e. The molecular weight excluding hydrogens is 141 g/mol. The largest absolute Gasteiger partial charge is 0.503 e. The number of hydrogen-bond donors (Lipinski definition) is 2. The molecule has 2 N–H and O–H groups in total. The minimum absolute atomic E-state index is 1.28. The first-order chi connectivity index (χ1) is 4.13. The summed E-state index contributed by atoms with van der Waals surface area (Å²) in [5.74, 6) is 0. The Kier molecular flexibility index (Phi) is 4.36. The van der Waals surface area contributed by atoms with Crippen LogP contribution in [0.4, 0.5) is 4.79 Å². The third-order valence-corrected chi connectivity index (χ3v) is 1.41. The highest BCUT2D eigenvalue weighted by Gasteiger charge is 2.05. The molecule has 1 aliphatic heterocycles. The molecule has 0 saturated carbocycles. The molecule has 1 aliphatic rings. The molecule has 1 atom stereocenters. The van der Waals surface area contributed by atoms with Crippen LogP contribution in [-0.4, -0.2) is 34.1 Å². The van der Waals surface area contributed by atoms with Gasteiger partial charge < -0.3 is 10.2 Å². The molecule has 9 heavy (non-hydrogen) atoms. The molecule has 1 unspecified atom stereocenters. The van der Waals surface area contributed by atoms with Crippen molar-refractivity contribution in [2.75, 3.05) is 13.1 Å². The van der Waals surface area contributed by atoms with Crippen molar-refractivity contribution in [3.05, 3.63) is 0 Å². The van der Waals surface area contributed by atoms with E-state index in [1.54, 1.807) is 0 Å². The van der Waals surface area contributed by atoms with Crippen LogP contribution in [0.1, 0.15) is 6.42 Å². The lowest BCUT2D eigenvalue weighted by Crippen LogP contribution is -2.26. The molecule has 0 aliphatic carbocycles. The van der Waals surface area contributed by atoms with Crippen LogP contribution in [0.3, 0.4) is 0 Å². The number of rotatable bonds is 0. The van der Waals surface area contributed by atoms with Crippen LogP contribution in [0.5, 0.6) is 0 Å². The third-order valence-electron chi connectivity index (χ3n) is 0.891. The summed E-state index contributed by atoms with van der Waals surface area (Å²) >= 11 is 0. The van der Waals surface area contributed by atoms with Crippen molar-refractivity contribution in [3.63, 3.8) is 0 Å². The Morgan fingerprint density at radius 3 is 1.67 bits per heavy atom. The Hall–Kier alpha value is -0.340. The molecule has 0 aromatic carbocycles. The van der Waals surface area contributed by atoms with Crippen LogP contribution in [0.25, 0.3) is 0 Å². The van der Waals surface area contributed by atoms with Crippen molar-refractivity contribution in [1.29, 1.82) is 0 Å². The summed E-state index contributed by atoms with van der Waals surface area (Å²) in [4.78, 5) is 8.56. The molecule has 0 radical (unpaired) electrons. The molecule has 1 fully saturated rings. The average Bonchev–Trinajstić information content (AvgIpc) is 1.59. The number of hydrogen-bond acceptors (Lipinski definition) is 2. The monoisotopic (exact) mass is 151 g/mol. The van der Waals surface area contributed by atoms with Crippen molar-refractivity contribution in [2.45, 2.75) is 6.42 Å². The van der Waals surface area contributed by atoms with Gasteiger partial charge in [0.05, 0.1) is 0 Å². The van der Waals surface area contributed by atoms with Gasteiger partial charge in [-0.15, -0.1) is 0 Å². The van der Waals surface area contributed by atoms with E-state index in [9.17, 15) is 0 Å². The van der Waals surface area contributed by atoms with Gasteiger partial charge in [-0.25, -0.2) is 4.79 Å². The molecule has 1 rings (SSSR count). The predicted molar refractivity (Wildman–Crippen MR) is 36.6 cm³/mol. The zero-order valence-corrected chi connectivity index (χ0v) is 6.10. The Balaban J connectivity index is 0.000000148. The normalized spacial score (nSPS) is 17.0. The lowest BCUT2D eigenvalue weighted by molar-refractivity contribution is 0.137. The van der Waals surface area contributed by atoms with Gasteiger partial charge in [-0.2, -0.15) is 0 Å². The molecule has 0 aromatic rings. The Morgan fingerprint density at radius 2 is 1.67 bits per heavy atom. The first kappa shape index (κ1) is 8.66. The predicted octanol–water partition coefficient (Wildman–Crippen LogP) is 0.705. The second-order valence-electron chi connectivity index (χ2n) is 1.67. The third kappa shape index (κ3) is 7.66. The molecule has 4 nitrogen and oxygen atoms in total. The Bertz CT molecular complexity index is 89.8. The molecule has 5 heteroatoms. The van der Waals surface area contributed by atoms with Crippen molar-refractivity contribution in [3.8, 4) is 0 Å². The van der Waals surface area contributed by atoms with E-state index in [1.165, 1.54) is 19.5 Å². The van der Waals surface area contributed by atoms with Crippen molar-refractivity contribution in [2.24, 2.45) is 0 Å². The lowest BCUT2D eigenvalue weighted by Gasteiger charge is -2.24. The molecule has 0 aromatic heterocycles. The van der Waals surface area contributed by atoms with Crippen molar-refractivity contribution >= 4 is 15.5 Å². The first-order valence-corrected chi connectivity index (χ1v) is 3.06. The number of carbonyl (C=O) groups is 1. The smallest absolute Gasteiger partial charge is 0.450 e. The van der Waals surface area contributed by atoms with Gasteiger partial charge >= 0.3 is 6.16 Å². The summed E-state index contributed by atoms with van der Waals surface area (Å²) in [7, 11) is 2.65. The number of carboxylic acid groups (broad SMARTS) is 2. The van der Waals surface area contributed by atoms with Crippen LogP contribution < -0.4 is 0 Å². The SMILES string of the molecule is O=C(O)O.PN1CCC1. The summed E-state index contributed by atoms with van der Waals surface area (Å²) in [6.45, 7) is 2.56. The second kappa shape index (κ2) is 4.53. The van der Waals surface area contributed by atoms with E-state index in [2.05, 4.69) is 14.1 Å². The fourth-order valence-electron chi connectivity index (χ4n) is 0.341. The van der Waals surface area contributed by atoms with Crippen LogP contribution in [0, 0.1) is 0 Å². The van der Waals surface area contributed by atoms with Gasteiger partial charge in [0.25, 0.3) is 0 Å². The summed E-state index contributed by atoms with van der Waals surface area (Å²) in [5.41, 5.74) is 0. The van der Waals surface area contributed by atoms with E-state index < -0.39 is 6.16 Å². The van der Waals surface area contributed by atoms with Crippen molar-refractivity contribution in [1.82, 2.24) is 4.67 Å². The summed E-state index contributed by atoms with van der Waals surface area (Å²) < 4.78 is 2.22. The highest BCUT2D eigenvalue weighted by atomic mass is 31.0. The fraction of sp³-hybridized carbons (Fsp3) is 0.750. The van der Waals surface area contributed by atoms with Gasteiger partial charge in [0.1, 0.15) is 0 Å². The van der Waals surface area contributed by atoms with Crippen LogP contribution in [-0.2, 0) is 0 Å². The lowest BCUT2D eigenvalue weighted by atomic mass is 10.3. The van der Waals surface area contributed by atoms with Gasteiger partial charge in [0.15, 0.2) is 0 Å². The summed E-state index contributed by atoms with van der Waals surface area (Å²) in [6, 6.07) is 0. The Labute approximate surface area is 55.7 Å². The molecule has 0 bridgehead atoms. The summed E-state index contributed by atoms with van der Waals surface area (Å²) in [5, 5.41) is 13.9. The topological polar surface area (TPSA) is 60.8 Å². The van der Waals surface area contributed by atoms with E-state index >= 15 is 0 Å². The zero-order chi connectivity index (χ0) is 7.28. The second-order valence-corrected chi connectivity index (χ2v) is 2.40. The molecule has 54 valence electrons. The van der Waals surface area contributed by atoms with Gasteiger partial charge in [-0.05, 0) is 6.42 Å². The minimum atomic E-state index is -1.83. The van der Waals surface area contributed by atoms with Crippen LogP contribution >= 0.6 is 9.39 Å². The van der Waals surface area contributed by atoms with Crippen molar-refractivity contribution < 1.29 is 15.0 Å². The maximum Gasteiger partial charge on any atom is 0.503 e. The van der Waals surface area contributed by atoms with Gasteiger partial charge in [-0.3, -0.25) is 4.67 Å². The van der Waals surface area contributed by atoms with Gasteiger partial charge in [-0.1, -0.05) is 9.39 Å². The quantitative estimate of drug-likeness (QED) is 0.500. The Morgan fingerprint density at radius 1 is 1.44 bits per heavy atom. The van der Waals surface area contributed by atoms with Crippen LogP contribution in [0.2, 0.25) is 0 Å². The summed E-state index contributed by atoms with van der Waals surface area (Å²) in [6.07, 6.45) is -0.441. The van der Waals surface area contributed by atoms with Crippen LogP contribution in [0.15, 0.2) is 0 Å². The highest BCUT2D eigenvalue weighted by Crippen LogP contribution is 2.09. The fourth-order valence-corrected chi connectivity index (χ4v) is 0.706. The zero-order valence-electron chi connectivity index (χ0n) is 4.95. The van der Waals surface area contributed by atoms with E-state index in [0.29, 0.717) is 0 Å².